The third-order valence-electron chi connectivity index (χ3n) is 4.44. The summed E-state index contributed by atoms with van der Waals surface area (Å²) in [7, 11) is 2.10. The van der Waals surface area contributed by atoms with Gasteiger partial charge in [-0.1, -0.05) is 30.7 Å². The molecule has 1 fully saturated rings. The second-order valence-corrected chi connectivity index (χ2v) is 5.48. The SMILES string of the molecule is CNC1CCCC(N2Cc3ccccc3C2)C1. The first-order valence-electron chi connectivity index (χ1n) is 6.85. The van der Waals surface area contributed by atoms with Crippen molar-refractivity contribution in [1.82, 2.24) is 10.2 Å². The Hall–Kier alpha value is -0.860. The molecule has 1 heterocycles. The van der Waals surface area contributed by atoms with Crippen LogP contribution in [0.5, 0.6) is 0 Å². The summed E-state index contributed by atoms with van der Waals surface area (Å²) in [4.78, 5) is 2.67. The summed E-state index contributed by atoms with van der Waals surface area (Å²) in [5.74, 6) is 0. The summed E-state index contributed by atoms with van der Waals surface area (Å²) in [5.41, 5.74) is 3.08. The molecule has 1 aromatic carbocycles. The molecule has 2 heteroatoms. The molecule has 1 aliphatic carbocycles. The molecule has 0 amide bonds. The molecule has 1 aliphatic heterocycles. The van der Waals surface area contributed by atoms with Crippen LogP contribution in [-0.4, -0.2) is 24.0 Å². The number of rotatable bonds is 2. The number of fused-ring (bicyclic) bond motifs is 1. The van der Waals surface area contributed by atoms with Gasteiger partial charge in [-0.05, 0) is 37.4 Å². The largest absolute Gasteiger partial charge is 0.317 e. The summed E-state index contributed by atoms with van der Waals surface area (Å²) in [6.45, 7) is 2.33. The maximum Gasteiger partial charge on any atom is 0.0243 e. The minimum atomic E-state index is 0.734. The van der Waals surface area contributed by atoms with Crippen LogP contribution in [0, 0.1) is 0 Å². The van der Waals surface area contributed by atoms with E-state index in [9.17, 15) is 0 Å². The van der Waals surface area contributed by atoms with Crippen LogP contribution in [0.25, 0.3) is 0 Å². The molecule has 2 unspecified atom stereocenters. The van der Waals surface area contributed by atoms with E-state index in [1.54, 1.807) is 11.1 Å². The first-order chi connectivity index (χ1) is 8.36. The van der Waals surface area contributed by atoms with Crippen molar-refractivity contribution in [2.75, 3.05) is 7.05 Å². The van der Waals surface area contributed by atoms with Crippen LogP contribution in [0.3, 0.4) is 0 Å². The molecular weight excluding hydrogens is 208 g/mol. The summed E-state index contributed by atoms with van der Waals surface area (Å²) in [6, 6.07) is 10.4. The third-order valence-corrected chi connectivity index (χ3v) is 4.44. The summed E-state index contributed by atoms with van der Waals surface area (Å²) in [6.07, 6.45) is 5.44. The van der Waals surface area contributed by atoms with Gasteiger partial charge in [0.1, 0.15) is 0 Å². The van der Waals surface area contributed by atoms with Gasteiger partial charge in [0.25, 0.3) is 0 Å². The third kappa shape index (κ3) is 2.24. The number of benzene rings is 1. The smallest absolute Gasteiger partial charge is 0.0243 e. The van der Waals surface area contributed by atoms with Crippen LogP contribution in [0.2, 0.25) is 0 Å². The molecule has 92 valence electrons. The Morgan fingerprint density at radius 3 is 2.47 bits per heavy atom. The van der Waals surface area contributed by atoms with E-state index in [-0.39, 0.29) is 0 Å². The lowest BCUT2D eigenvalue weighted by Gasteiger charge is -2.35. The topological polar surface area (TPSA) is 15.3 Å². The molecular formula is C15H22N2. The highest BCUT2D eigenvalue weighted by atomic mass is 15.2. The molecule has 0 spiro atoms. The van der Waals surface area contributed by atoms with Crippen molar-refractivity contribution in [2.45, 2.75) is 50.9 Å². The van der Waals surface area contributed by atoms with Gasteiger partial charge >= 0.3 is 0 Å². The van der Waals surface area contributed by atoms with Crippen LogP contribution < -0.4 is 5.32 Å². The van der Waals surface area contributed by atoms with Crippen molar-refractivity contribution < 1.29 is 0 Å². The zero-order chi connectivity index (χ0) is 11.7. The lowest BCUT2D eigenvalue weighted by Crippen LogP contribution is -2.41. The predicted molar refractivity (Wildman–Crippen MR) is 70.8 cm³/mol. The second kappa shape index (κ2) is 4.79. The predicted octanol–water partition coefficient (Wildman–Crippen LogP) is 2.53. The maximum absolute atomic E-state index is 3.45. The van der Waals surface area contributed by atoms with Gasteiger partial charge < -0.3 is 5.32 Å². The average molecular weight is 230 g/mol. The number of hydrogen-bond donors (Lipinski definition) is 1. The second-order valence-electron chi connectivity index (χ2n) is 5.48. The van der Waals surface area contributed by atoms with E-state index in [1.165, 1.54) is 25.7 Å². The molecule has 17 heavy (non-hydrogen) atoms. The van der Waals surface area contributed by atoms with Crippen molar-refractivity contribution in [1.29, 1.82) is 0 Å². The van der Waals surface area contributed by atoms with Gasteiger partial charge in [-0.3, -0.25) is 4.90 Å². The van der Waals surface area contributed by atoms with Crippen LogP contribution in [0.1, 0.15) is 36.8 Å². The molecule has 1 saturated carbocycles. The van der Waals surface area contributed by atoms with Gasteiger partial charge in [0, 0.05) is 25.2 Å². The lowest BCUT2D eigenvalue weighted by molar-refractivity contribution is 0.141. The molecule has 0 aromatic heterocycles. The molecule has 0 bridgehead atoms. The summed E-state index contributed by atoms with van der Waals surface area (Å²) in [5, 5.41) is 3.45. The van der Waals surface area contributed by atoms with Gasteiger partial charge in [-0.15, -0.1) is 0 Å². The Labute approximate surface area is 104 Å². The Morgan fingerprint density at radius 1 is 1.12 bits per heavy atom. The molecule has 1 aromatic rings. The number of nitrogens with one attached hydrogen (secondary N) is 1. The quantitative estimate of drug-likeness (QED) is 0.840. The van der Waals surface area contributed by atoms with Crippen molar-refractivity contribution >= 4 is 0 Å². The van der Waals surface area contributed by atoms with Crippen molar-refractivity contribution in [3.05, 3.63) is 35.4 Å². The van der Waals surface area contributed by atoms with Crippen molar-refractivity contribution in [3.63, 3.8) is 0 Å². The van der Waals surface area contributed by atoms with Crippen LogP contribution in [0.15, 0.2) is 24.3 Å². The Kier molecular flexibility index (Phi) is 3.17. The highest BCUT2D eigenvalue weighted by Gasteiger charge is 2.29. The monoisotopic (exact) mass is 230 g/mol. The summed E-state index contributed by atoms with van der Waals surface area (Å²) < 4.78 is 0. The van der Waals surface area contributed by atoms with Gasteiger partial charge in [-0.2, -0.15) is 0 Å². The molecule has 2 atom stereocenters. The zero-order valence-corrected chi connectivity index (χ0v) is 10.7. The van der Waals surface area contributed by atoms with Crippen molar-refractivity contribution in [3.8, 4) is 0 Å². The van der Waals surface area contributed by atoms with Gasteiger partial charge in [0.2, 0.25) is 0 Å². The fourth-order valence-corrected chi connectivity index (χ4v) is 3.38. The molecule has 0 saturated heterocycles. The minimum Gasteiger partial charge on any atom is -0.317 e. The first kappa shape index (κ1) is 11.2. The molecule has 2 aliphatic rings. The first-order valence-corrected chi connectivity index (χ1v) is 6.85. The van der Waals surface area contributed by atoms with E-state index in [1.807, 2.05) is 0 Å². The Bertz CT molecular complexity index is 363. The molecule has 3 rings (SSSR count). The molecule has 0 radical (unpaired) electrons. The Balaban J connectivity index is 1.68. The van der Waals surface area contributed by atoms with Crippen LogP contribution >= 0.6 is 0 Å². The minimum absolute atomic E-state index is 0.734. The van der Waals surface area contributed by atoms with E-state index in [0.717, 1.165) is 25.2 Å². The van der Waals surface area contributed by atoms with E-state index in [0.29, 0.717) is 0 Å². The van der Waals surface area contributed by atoms with E-state index in [4.69, 9.17) is 0 Å². The molecule has 2 nitrogen and oxygen atoms in total. The highest BCUT2D eigenvalue weighted by molar-refractivity contribution is 5.30. The number of nitrogens with zero attached hydrogens (tertiary/aromatic N) is 1. The standard InChI is InChI=1S/C15H22N2/c1-16-14-7-4-8-15(9-14)17-10-12-5-2-3-6-13(12)11-17/h2-3,5-6,14-16H,4,7-11H2,1H3. The lowest BCUT2D eigenvalue weighted by atomic mass is 9.90. The van der Waals surface area contributed by atoms with E-state index >= 15 is 0 Å². The summed E-state index contributed by atoms with van der Waals surface area (Å²) >= 11 is 0. The van der Waals surface area contributed by atoms with Crippen LogP contribution in [0.4, 0.5) is 0 Å². The number of hydrogen-bond acceptors (Lipinski definition) is 2. The van der Waals surface area contributed by atoms with Crippen LogP contribution in [-0.2, 0) is 13.1 Å². The van der Waals surface area contributed by atoms with Gasteiger partial charge in [0.15, 0.2) is 0 Å². The normalized spacial score (nSPS) is 29.2. The van der Waals surface area contributed by atoms with Crippen molar-refractivity contribution in [2.24, 2.45) is 0 Å². The Morgan fingerprint density at radius 2 is 1.82 bits per heavy atom. The van der Waals surface area contributed by atoms with Gasteiger partial charge in [0.05, 0.1) is 0 Å². The van der Waals surface area contributed by atoms with E-state index in [2.05, 4.69) is 41.5 Å². The van der Waals surface area contributed by atoms with Gasteiger partial charge in [-0.25, -0.2) is 0 Å². The zero-order valence-electron chi connectivity index (χ0n) is 10.7. The van der Waals surface area contributed by atoms with E-state index < -0.39 is 0 Å². The molecule has 1 N–H and O–H groups in total. The average Bonchev–Trinajstić information content (AvgIpc) is 2.82. The highest BCUT2D eigenvalue weighted by Crippen LogP contribution is 2.30. The fraction of sp³-hybridized carbons (Fsp3) is 0.600. The maximum atomic E-state index is 3.45. The fourth-order valence-electron chi connectivity index (χ4n) is 3.38.